The molecule has 0 aliphatic carbocycles. The highest BCUT2D eigenvalue weighted by Crippen LogP contribution is 2.17. The minimum absolute atomic E-state index is 0.0858. The molecule has 100 valence electrons. The van der Waals surface area contributed by atoms with E-state index >= 15 is 0 Å². The first-order valence-corrected chi connectivity index (χ1v) is 7.24. The second kappa shape index (κ2) is 5.38. The Hall–Kier alpha value is -1.92. The summed E-state index contributed by atoms with van der Waals surface area (Å²) in [6, 6.07) is 11.8. The molecule has 0 atom stereocenters. The van der Waals surface area contributed by atoms with E-state index in [1.54, 1.807) is 24.3 Å². The summed E-state index contributed by atoms with van der Waals surface area (Å²) in [5, 5.41) is 0. The molecule has 1 aromatic heterocycles. The number of hydrogen-bond donors (Lipinski definition) is 2. The third kappa shape index (κ3) is 3.30. The highest BCUT2D eigenvalue weighted by atomic mass is 32.2. The number of rotatable bonds is 4. The van der Waals surface area contributed by atoms with E-state index < -0.39 is 10.0 Å². The molecule has 0 fully saturated rings. The molecule has 1 aromatic carbocycles. The fraction of sp³-hybridized carbons (Fsp3) is 0.154. The molecular formula is C13H15N3O2S. The van der Waals surface area contributed by atoms with Gasteiger partial charge in [-0.3, -0.25) is 4.98 Å². The van der Waals surface area contributed by atoms with Crippen LogP contribution in [0.3, 0.4) is 0 Å². The van der Waals surface area contributed by atoms with Crippen molar-refractivity contribution in [2.75, 3.05) is 5.73 Å². The molecule has 0 saturated heterocycles. The monoisotopic (exact) mass is 277 g/mol. The highest BCUT2D eigenvalue weighted by molar-refractivity contribution is 7.89. The van der Waals surface area contributed by atoms with E-state index in [0.717, 1.165) is 5.69 Å². The van der Waals surface area contributed by atoms with Crippen LogP contribution in [0.15, 0.2) is 47.4 Å². The molecular weight excluding hydrogens is 262 g/mol. The van der Waals surface area contributed by atoms with Gasteiger partial charge in [-0.15, -0.1) is 0 Å². The van der Waals surface area contributed by atoms with Crippen molar-refractivity contribution in [2.45, 2.75) is 18.4 Å². The zero-order valence-corrected chi connectivity index (χ0v) is 11.3. The predicted octanol–water partition coefficient (Wildman–Crippen LogP) is 1.45. The van der Waals surface area contributed by atoms with Crippen LogP contribution in [0.5, 0.6) is 0 Å². The van der Waals surface area contributed by atoms with Crippen LogP contribution in [-0.2, 0) is 16.6 Å². The minimum Gasteiger partial charge on any atom is -0.398 e. The Balaban J connectivity index is 2.17. The van der Waals surface area contributed by atoms with Crippen LogP contribution in [0.25, 0.3) is 0 Å². The average molecular weight is 277 g/mol. The summed E-state index contributed by atoms with van der Waals surface area (Å²) < 4.78 is 26.7. The first-order chi connectivity index (χ1) is 8.99. The minimum atomic E-state index is -3.62. The summed E-state index contributed by atoms with van der Waals surface area (Å²) >= 11 is 0. The van der Waals surface area contributed by atoms with Gasteiger partial charge in [0.1, 0.15) is 4.90 Å². The zero-order valence-electron chi connectivity index (χ0n) is 10.5. The summed E-state index contributed by atoms with van der Waals surface area (Å²) in [7, 11) is -3.62. The van der Waals surface area contributed by atoms with Gasteiger partial charge in [0.2, 0.25) is 10.0 Å². The highest BCUT2D eigenvalue weighted by Gasteiger charge is 2.16. The van der Waals surface area contributed by atoms with E-state index in [9.17, 15) is 8.42 Å². The Labute approximate surface area is 112 Å². The number of nitrogens with zero attached hydrogens (tertiary/aromatic N) is 1. The van der Waals surface area contributed by atoms with Gasteiger partial charge in [0.25, 0.3) is 0 Å². The largest absolute Gasteiger partial charge is 0.398 e. The van der Waals surface area contributed by atoms with Crippen molar-refractivity contribution in [3.63, 3.8) is 0 Å². The van der Waals surface area contributed by atoms with Crippen LogP contribution in [0.4, 0.5) is 5.69 Å². The van der Waals surface area contributed by atoms with E-state index in [1.165, 1.54) is 6.07 Å². The van der Waals surface area contributed by atoms with Gasteiger partial charge in [0.15, 0.2) is 0 Å². The van der Waals surface area contributed by atoms with Crippen molar-refractivity contribution in [3.8, 4) is 0 Å². The first kappa shape index (κ1) is 13.5. The maximum absolute atomic E-state index is 12.1. The lowest BCUT2D eigenvalue weighted by atomic mass is 10.3. The molecule has 0 amide bonds. The number of nitrogens with one attached hydrogen (secondary N) is 1. The Bertz CT molecular complexity index is 684. The third-order valence-electron chi connectivity index (χ3n) is 2.60. The molecule has 2 rings (SSSR count). The van der Waals surface area contributed by atoms with Crippen LogP contribution >= 0.6 is 0 Å². The lowest BCUT2D eigenvalue weighted by Gasteiger charge is -2.08. The molecule has 0 saturated carbocycles. The summed E-state index contributed by atoms with van der Waals surface area (Å²) in [6.07, 6.45) is 0. The molecule has 0 aliphatic heterocycles. The lowest BCUT2D eigenvalue weighted by Crippen LogP contribution is -2.24. The number of para-hydroxylation sites is 1. The summed E-state index contributed by atoms with van der Waals surface area (Å²) in [5.41, 5.74) is 7.40. The normalized spacial score (nSPS) is 11.4. The van der Waals surface area contributed by atoms with Crippen LogP contribution in [0.1, 0.15) is 11.4 Å². The van der Waals surface area contributed by atoms with Gasteiger partial charge < -0.3 is 5.73 Å². The molecule has 0 bridgehead atoms. The summed E-state index contributed by atoms with van der Waals surface area (Å²) in [5.74, 6) is 0. The maximum atomic E-state index is 12.1. The molecule has 6 heteroatoms. The van der Waals surface area contributed by atoms with E-state index in [-0.39, 0.29) is 17.1 Å². The number of pyridine rings is 1. The molecule has 3 N–H and O–H groups in total. The van der Waals surface area contributed by atoms with Crippen LogP contribution in [0.2, 0.25) is 0 Å². The van der Waals surface area contributed by atoms with Crippen molar-refractivity contribution < 1.29 is 8.42 Å². The maximum Gasteiger partial charge on any atom is 0.242 e. The van der Waals surface area contributed by atoms with Gasteiger partial charge in [-0.25, -0.2) is 13.1 Å². The van der Waals surface area contributed by atoms with Crippen molar-refractivity contribution in [2.24, 2.45) is 0 Å². The van der Waals surface area contributed by atoms with Crippen molar-refractivity contribution in [1.82, 2.24) is 9.71 Å². The lowest BCUT2D eigenvalue weighted by molar-refractivity contribution is 0.581. The number of hydrogen-bond acceptors (Lipinski definition) is 4. The number of aryl methyl sites for hydroxylation is 1. The topological polar surface area (TPSA) is 85.1 Å². The summed E-state index contributed by atoms with van der Waals surface area (Å²) in [6.45, 7) is 1.99. The van der Waals surface area contributed by atoms with E-state index in [2.05, 4.69) is 9.71 Å². The Morgan fingerprint density at radius 1 is 1.16 bits per heavy atom. The fourth-order valence-electron chi connectivity index (χ4n) is 1.67. The number of benzene rings is 1. The van der Waals surface area contributed by atoms with Crippen molar-refractivity contribution in [1.29, 1.82) is 0 Å². The SMILES string of the molecule is Cc1cccc(CNS(=O)(=O)c2ccccc2N)n1. The zero-order chi connectivity index (χ0) is 13.9. The second-order valence-electron chi connectivity index (χ2n) is 4.13. The van der Waals surface area contributed by atoms with Gasteiger partial charge >= 0.3 is 0 Å². The Morgan fingerprint density at radius 2 is 1.89 bits per heavy atom. The second-order valence-corrected chi connectivity index (χ2v) is 5.87. The smallest absolute Gasteiger partial charge is 0.242 e. The number of nitrogens with two attached hydrogens (primary N) is 1. The van der Waals surface area contributed by atoms with Crippen molar-refractivity contribution >= 4 is 15.7 Å². The van der Waals surface area contributed by atoms with Gasteiger partial charge in [-0.2, -0.15) is 0 Å². The standard InChI is InChI=1S/C13H15N3O2S/c1-10-5-4-6-11(16-10)9-15-19(17,18)13-8-3-2-7-12(13)14/h2-8,15H,9,14H2,1H3. The number of aromatic nitrogens is 1. The van der Waals surface area contributed by atoms with E-state index in [4.69, 9.17) is 5.73 Å². The Kier molecular flexibility index (Phi) is 3.82. The van der Waals surface area contributed by atoms with Crippen LogP contribution in [-0.4, -0.2) is 13.4 Å². The first-order valence-electron chi connectivity index (χ1n) is 5.76. The predicted molar refractivity (Wildman–Crippen MR) is 73.9 cm³/mol. The number of anilines is 1. The number of sulfonamides is 1. The van der Waals surface area contributed by atoms with Gasteiger partial charge in [-0.05, 0) is 31.2 Å². The molecule has 5 nitrogen and oxygen atoms in total. The third-order valence-corrected chi connectivity index (χ3v) is 4.07. The quantitative estimate of drug-likeness (QED) is 0.828. The van der Waals surface area contributed by atoms with Crippen molar-refractivity contribution in [3.05, 3.63) is 53.9 Å². The Morgan fingerprint density at radius 3 is 2.58 bits per heavy atom. The van der Waals surface area contributed by atoms with Gasteiger partial charge in [0, 0.05) is 5.69 Å². The molecule has 1 heterocycles. The molecule has 0 unspecified atom stereocenters. The number of nitrogen functional groups attached to an aromatic ring is 1. The van der Waals surface area contributed by atoms with Crippen LogP contribution < -0.4 is 10.5 Å². The van der Waals surface area contributed by atoms with Crippen LogP contribution in [0, 0.1) is 6.92 Å². The summed E-state index contributed by atoms with van der Waals surface area (Å²) in [4.78, 5) is 4.32. The van der Waals surface area contributed by atoms with E-state index in [0.29, 0.717) is 5.69 Å². The van der Waals surface area contributed by atoms with Gasteiger partial charge in [-0.1, -0.05) is 18.2 Å². The molecule has 0 radical (unpaired) electrons. The molecule has 19 heavy (non-hydrogen) atoms. The molecule has 2 aromatic rings. The van der Waals surface area contributed by atoms with E-state index in [1.807, 2.05) is 19.1 Å². The van der Waals surface area contributed by atoms with Gasteiger partial charge in [0.05, 0.1) is 17.9 Å². The average Bonchev–Trinajstić information content (AvgIpc) is 2.37. The molecule has 0 spiro atoms. The molecule has 0 aliphatic rings. The fourth-order valence-corrected chi connectivity index (χ4v) is 2.80.